The number of carbonyl (C=O) groups is 1. The van der Waals surface area contributed by atoms with Gasteiger partial charge in [-0.3, -0.25) is 4.79 Å². The fraction of sp³-hybridized carbons (Fsp3) is 0.500. The molecule has 7 heteroatoms. The number of halogens is 1. The van der Waals surface area contributed by atoms with E-state index in [4.69, 9.17) is 4.74 Å². The minimum absolute atomic E-state index is 0.0157. The van der Waals surface area contributed by atoms with E-state index >= 15 is 4.39 Å². The van der Waals surface area contributed by atoms with Crippen LogP contribution in [0.1, 0.15) is 39.9 Å². The lowest BCUT2D eigenvalue weighted by atomic mass is 9.92. The van der Waals surface area contributed by atoms with Crippen molar-refractivity contribution in [2.75, 3.05) is 45.2 Å². The Labute approximate surface area is 184 Å². The third-order valence-corrected chi connectivity index (χ3v) is 5.98. The lowest BCUT2D eigenvalue weighted by Gasteiger charge is -2.36. The highest BCUT2D eigenvalue weighted by molar-refractivity contribution is 5.94. The number of carbonyl (C=O) groups excluding carboxylic acids is 1. The Morgan fingerprint density at radius 2 is 1.84 bits per heavy atom. The third-order valence-electron chi connectivity index (χ3n) is 5.98. The minimum Gasteiger partial charge on any atom is -0.476 e. The van der Waals surface area contributed by atoms with E-state index in [9.17, 15) is 4.79 Å². The van der Waals surface area contributed by atoms with Crippen molar-refractivity contribution in [3.05, 3.63) is 52.6 Å². The Kier molecular flexibility index (Phi) is 7.49. The molecule has 0 saturated carbocycles. The van der Waals surface area contributed by atoms with Gasteiger partial charge >= 0.3 is 0 Å². The van der Waals surface area contributed by atoms with Gasteiger partial charge in [-0.2, -0.15) is 4.98 Å². The summed E-state index contributed by atoms with van der Waals surface area (Å²) in [5.41, 5.74) is 2.68. The van der Waals surface area contributed by atoms with Crippen molar-refractivity contribution in [3.8, 4) is 5.88 Å². The number of benzene rings is 1. The minimum atomic E-state index is -1.30. The molecule has 1 aromatic carbocycles. The van der Waals surface area contributed by atoms with Gasteiger partial charge in [-0.1, -0.05) is 12.1 Å². The molecule has 0 unspecified atom stereocenters. The first-order chi connectivity index (χ1) is 14.8. The molecule has 31 heavy (non-hydrogen) atoms. The molecule has 2 heterocycles. The van der Waals surface area contributed by atoms with Gasteiger partial charge in [0.1, 0.15) is 18.1 Å². The number of amides is 1. The molecule has 0 radical (unpaired) electrons. The number of hydrogen-bond donors (Lipinski definition) is 2. The van der Waals surface area contributed by atoms with Crippen LogP contribution in [-0.4, -0.2) is 61.3 Å². The molecule has 2 N–H and O–H groups in total. The fourth-order valence-corrected chi connectivity index (χ4v) is 3.73. The number of hydrogen-bond acceptors (Lipinski definition) is 5. The maximum Gasteiger partial charge on any atom is 0.253 e. The zero-order valence-corrected chi connectivity index (χ0v) is 18.9. The molecule has 0 atom stereocenters. The highest BCUT2D eigenvalue weighted by atomic mass is 19.1. The lowest BCUT2D eigenvalue weighted by molar-refractivity contribution is 0.0433. The number of alkyl halides is 1. The van der Waals surface area contributed by atoms with Gasteiger partial charge in [0.25, 0.3) is 5.91 Å². The lowest BCUT2D eigenvalue weighted by Crippen LogP contribution is -2.49. The Bertz CT molecular complexity index is 910. The number of piperidine rings is 1. The summed E-state index contributed by atoms with van der Waals surface area (Å²) in [4.78, 5) is 18.9. The predicted octanol–water partition coefficient (Wildman–Crippen LogP) is 3.66. The van der Waals surface area contributed by atoms with Gasteiger partial charge in [0.15, 0.2) is 0 Å². The summed E-state index contributed by atoms with van der Waals surface area (Å²) in [7, 11) is 1.82. The van der Waals surface area contributed by atoms with E-state index in [0.717, 1.165) is 22.5 Å². The molecule has 1 amide bonds. The maximum atomic E-state index is 15.2. The van der Waals surface area contributed by atoms with Crippen molar-refractivity contribution in [3.63, 3.8) is 0 Å². The highest BCUT2D eigenvalue weighted by Gasteiger charge is 2.35. The van der Waals surface area contributed by atoms with Gasteiger partial charge in [-0.05, 0) is 49.6 Å². The Morgan fingerprint density at radius 1 is 1.13 bits per heavy atom. The molecular weight excluding hydrogens is 395 g/mol. The molecule has 1 fully saturated rings. The number of anilines is 1. The van der Waals surface area contributed by atoms with E-state index in [-0.39, 0.29) is 12.5 Å². The van der Waals surface area contributed by atoms with Crippen LogP contribution < -0.4 is 15.4 Å². The molecule has 1 aliphatic rings. The molecular formula is C24H33FN4O2. The van der Waals surface area contributed by atoms with E-state index in [1.165, 1.54) is 0 Å². The zero-order chi connectivity index (χ0) is 22.4. The maximum absolute atomic E-state index is 15.2. The summed E-state index contributed by atoms with van der Waals surface area (Å²) >= 11 is 0. The van der Waals surface area contributed by atoms with Crippen LogP contribution in [0.2, 0.25) is 0 Å². The second kappa shape index (κ2) is 10.1. The quantitative estimate of drug-likeness (QED) is 0.628. The third kappa shape index (κ3) is 5.94. The smallest absolute Gasteiger partial charge is 0.253 e. The first kappa shape index (κ1) is 23.0. The van der Waals surface area contributed by atoms with Crippen LogP contribution in [0.25, 0.3) is 0 Å². The number of nitrogens with zero attached hydrogens (tertiary/aromatic N) is 2. The first-order valence-corrected chi connectivity index (χ1v) is 10.9. The van der Waals surface area contributed by atoms with Crippen molar-refractivity contribution in [1.29, 1.82) is 0 Å². The number of ether oxygens (including phenoxy) is 1. The van der Waals surface area contributed by atoms with Crippen LogP contribution in [0, 0.1) is 20.8 Å². The van der Waals surface area contributed by atoms with Crippen molar-refractivity contribution in [2.45, 2.75) is 39.3 Å². The molecule has 2 aromatic rings. The molecule has 1 aromatic heterocycles. The van der Waals surface area contributed by atoms with Crippen LogP contribution in [0.3, 0.4) is 0 Å². The number of aromatic nitrogens is 1. The van der Waals surface area contributed by atoms with E-state index in [2.05, 4.69) is 15.6 Å². The summed E-state index contributed by atoms with van der Waals surface area (Å²) in [6.45, 7) is 8.06. The first-order valence-electron chi connectivity index (χ1n) is 10.9. The fourth-order valence-electron chi connectivity index (χ4n) is 3.73. The summed E-state index contributed by atoms with van der Waals surface area (Å²) < 4.78 is 20.8. The van der Waals surface area contributed by atoms with Gasteiger partial charge in [-0.25, -0.2) is 4.39 Å². The highest BCUT2D eigenvalue weighted by Crippen LogP contribution is 2.27. The van der Waals surface area contributed by atoms with Gasteiger partial charge in [0, 0.05) is 57.7 Å². The number of likely N-dealkylation sites (tertiary alicyclic amines) is 1. The van der Waals surface area contributed by atoms with Crippen LogP contribution in [-0.2, 0) is 0 Å². The topological polar surface area (TPSA) is 66.5 Å². The average Bonchev–Trinajstić information content (AvgIpc) is 2.76. The number of nitrogens with one attached hydrogen (secondary N) is 2. The SMILES string of the molecule is CNc1nc(OCCNCC2(F)CCN(C(=O)c3ccc(C)c(C)c3)CC2)ccc1C. The Balaban J connectivity index is 1.40. The van der Waals surface area contributed by atoms with Gasteiger partial charge in [0.2, 0.25) is 5.88 Å². The second-order valence-electron chi connectivity index (χ2n) is 8.33. The summed E-state index contributed by atoms with van der Waals surface area (Å²) in [5, 5.41) is 6.18. The predicted molar refractivity (Wildman–Crippen MR) is 122 cm³/mol. The Morgan fingerprint density at radius 3 is 2.52 bits per heavy atom. The van der Waals surface area contributed by atoms with Crippen molar-refractivity contribution >= 4 is 11.7 Å². The van der Waals surface area contributed by atoms with E-state index in [1.807, 2.05) is 58.2 Å². The summed E-state index contributed by atoms with van der Waals surface area (Å²) in [5.74, 6) is 1.32. The summed E-state index contributed by atoms with van der Waals surface area (Å²) in [6, 6.07) is 9.51. The molecule has 3 rings (SSSR count). The van der Waals surface area contributed by atoms with Gasteiger partial charge in [-0.15, -0.1) is 0 Å². The monoisotopic (exact) mass is 428 g/mol. The van der Waals surface area contributed by atoms with E-state index < -0.39 is 5.67 Å². The van der Waals surface area contributed by atoms with Gasteiger partial charge in [0.05, 0.1) is 0 Å². The summed E-state index contributed by atoms with van der Waals surface area (Å²) in [6.07, 6.45) is 0.672. The number of rotatable bonds is 8. The number of pyridine rings is 1. The molecule has 168 valence electrons. The van der Waals surface area contributed by atoms with Crippen LogP contribution in [0.5, 0.6) is 5.88 Å². The average molecular weight is 429 g/mol. The van der Waals surface area contributed by atoms with Crippen LogP contribution >= 0.6 is 0 Å². The Hall–Kier alpha value is -2.67. The van der Waals surface area contributed by atoms with Crippen molar-refractivity contribution in [1.82, 2.24) is 15.2 Å². The largest absolute Gasteiger partial charge is 0.476 e. The van der Waals surface area contributed by atoms with Crippen LogP contribution in [0.15, 0.2) is 30.3 Å². The normalized spacial score (nSPS) is 15.6. The zero-order valence-electron chi connectivity index (χ0n) is 18.9. The molecule has 1 saturated heterocycles. The molecule has 0 aliphatic carbocycles. The standard InChI is InChI=1S/C24H33FN4O2/c1-17-5-7-20(15-19(17)3)23(30)29-12-9-24(25,10-13-29)16-27-11-14-31-21-8-6-18(2)22(26-4)28-21/h5-8,15,27H,9-14,16H2,1-4H3,(H,26,28). The van der Waals surface area contributed by atoms with E-state index in [0.29, 0.717) is 50.5 Å². The van der Waals surface area contributed by atoms with Crippen molar-refractivity contribution < 1.29 is 13.9 Å². The van der Waals surface area contributed by atoms with E-state index in [1.54, 1.807) is 4.90 Å². The molecule has 0 bridgehead atoms. The van der Waals surface area contributed by atoms with Gasteiger partial charge < -0.3 is 20.3 Å². The van der Waals surface area contributed by atoms with Crippen LogP contribution in [0.4, 0.5) is 10.2 Å². The second-order valence-corrected chi connectivity index (χ2v) is 8.33. The number of aryl methyl sites for hydroxylation is 3. The van der Waals surface area contributed by atoms with Crippen molar-refractivity contribution in [2.24, 2.45) is 0 Å². The molecule has 1 aliphatic heterocycles. The molecule has 0 spiro atoms. The molecule has 6 nitrogen and oxygen atoms in total.